The second kappa shape index (κ2) is 4.46. The van der Waals surface area contributed by atoms with Gasteiger partial charge in [0.1, 0.15) is 5.75 Å². The number of ether oxygens (including phenoxy) is 1. The Morgan fingerprint density at radius 1 is 1.28 bits per heavy atom. The molecule has 1 aliphatic rings. The molecule has 1 aromatic carbocycles. The molecule has 0 radical (unpaired) electrons. The van der Waals surface area contributed by atoms with Crippen molar-refractivity contribution in [3.05, 3.63) is 41.2 Å². The quantitative estimate of drug-likeness (QED) is 0.874. The summed E-state index contributed by atoms with van der Waals surface area (Å²) in [6.45, 7) is 4.02. The summed E-state index contributed by atoms with van der Waals surface area (Å²) in [5.41, 5.74) is 4.90. The van der Waals surface area contributed by atoms with Crippen molar-refractivity contribution in [1.82, 2.24) is 15.1 Å². The Bertz CT molecular complexity index is 557. The molecule has 0 atom stereocenters. The van der Waals surface area contributed by atoms with E-state index in [2.05, 4.69) is 17.3 Å². The largest absolute Gasteiger partial charge is 0.497 e. The summed E-state index contributed by atoms with van der Waals surface area (Å²) in [4.78, 5) is 0. The molecule has 0 bridgehead atoms. The molecule has 18 heavy (non-hydrogen) atoms. The predicted molar refractivity (Wildman–Crippen MR) is 70.3 cm³/mol. The molecule has 0 amide bonds. The van der Waals surface area contributed by atoms with Crippen LogP contribution in [-0.4, -0.2) is 23.4 Å². The van der Waals surface area contributed by atoms with Crippen molar-refractivity contribution in [2.24, 2.45) is 0 Å². The number of methoxy groups -OCH3 is 1. The summed E-state index contributed by atoms with van der Waals surface area (Å²) in [6.07, 6.45) is 1.07. The zero-order chi connectivity index (χ0) is 12.5. The van der Waals surface area contributed by atoms with Crippen molar-refractivity contribution in [2.45, 2.75) is 19.9 Å². The fourth-order valence-corrected chi connectivity index (χ4v) is 2.47. The highest BCUT2D eigenvalue weighted by Gasteiger charge is 2.18. The van der Waals surface area contributed by atoms with Crippen molar-refractivity contribution >= 4 is 0 Å². The van der Waals surface area contributed by atoms with Crippen molar-refractivity contribution < 1.29 is 4.74 Å². The molecule has 0 saturated heterocycles. The maximum Gasteiger partial charge on any atom is 0.119 e. The van der Waals surface area contributed by atoms with E-state index in [4.69, 9.17) is 4.74 Å². The van der Waals surface area contributed by atoms with Crippen LogP contribution in [-0.2, 0) is 13.0 Å². The molecule has 1 aliphatic heterocycles. The number of hydrogen-bond donors (Lipinski definition) is 1. The molecule has 4 nitrogen and oxygen atoms in total. The van der Waals surface area contributed by atoms with Crippen LogP contribution in [0.3, 0.4) is 0 Å². The summed E-state index contributed by atoms with van der Waals surface area (Å²) in [5.74, 6) is 0.870. The maximum absolute atomic E-state index is 5.18. The van der Waals surface area contributed by atoms with Crippen LogP contribution in [0.2, 0.25) is 0 Å². The van der Waals surface area contributed by atoms with Gasteiger partial charge in [-0.15, -0.1) is 0 Å². The molecule has 2 aromatic rings. The van der Waals surface area contributed by atoms with Crippen molar-refractivity contribution in [3.63, 3.8) is 0 Å². The lowest BCUT2D eigenvalue weighted by Crippen LogP contribution is -2.25. The van der Waals surface area contributed by atoms with Gasteiger partial charge in [-0.2, -0.15) is 5.10 Å². The maximum atomic E-state index is 5.18. The topological polar surface area (TPSA) is 39.1 Å². The average Bonchev–Trinajstić information content (AvgIpc) is 2.77. The minimum absolute atomic E-state index is 0.870. The van der Waals surface area contributed by atoms with Crippen LogP contribution in [0, 0.1) is 6.92 Å². The number of nitrogens with zero attached hydrogens (tertiary/aromatic N) is 2. The van der Waals surface area contributed by atoms with Gasteiger partial charge < -0.3 is 10.1 Å². The number of fused-ring (bicyclic) bond motifs is 1. The second-order valence-corrected chi connectivity index (χ2v) is 4.55. The van der Waals surface area contributed by atoms with E-state index in [9.17, 15) is 0 Å². The number of aromatic nitrogens is 2. The zero-order valence-electron chi connectivity index (χ0n) is 10.7. The Morgan fingerprint density at radius 2 is 2.06 bits per heavy atom. The molecular weight excluding hydrogens is 226 g/mol. The normalized spacial score (nSPS) is 14.3. The van der Waals surface area contributed by atoms with E-state index in [1.54, 1.807) is 7.11 Å². The van der Waals surface area contributed by atoms with Gasteiger partial charge in [0, 0.05) is 6.54 Å². The van der Waals surface area contributed by atoms with E-state index in [1.807, 2.05) is 28.9 Å². The van der Waals surface area contributed by atoms with E-state index >= 15 is 0 Å². The number of hydrogen-bond acceptors (Lipinski definition) is 3. The Balaban J connectivity index is 2.05. The lowest BCUT2D eigenvalue weighted by atomic mass is 10.1. The van der Waals surface area contributed by atoms with Gasteiger partial charge in [0.15, 0.2) is 0 Å². The third-order valence-electron chi connectivity index (χ3n) is 3.45. The van der Waals surface area contributed by atoms with E-state index in [0.29, 0.717) is 0 Å². The molecule has 0 saturated carbocycles. The molecule has 1 N–H and O–H groups in total. The molecule has 2 heterocycles. The van der Waals surface area contributed by atoms with Crippen LogP contribution < -0.4 is 10.1 Å². The van der Waals surface area contributed by atoms with E-state index < -0.39 is 0 Å². The standard InChI is InChI=1S/C14H17N3O/c1-10-13-7-8-15-9-14(13)17(16-10)11-3-5-12(18-2)6-4-11/h3-6,15H,7-9H2,1-2H3. The van der Waals surface area contributed by atoms with Gasteiger partial charge in [0.2, 0.25) is 0 Å². The molecule has 0 aliphatic carbocycles. The van der Waals surface area contributed by atoms with Gasteiger partial charge in [0.25, 0.3) is 0 Å². The minimum Gasteiger partial charge on any atom is -0.497 e. The Labute approximate surface area is 107 Å². The van der Waals surface area contributed by atoms with Crippen LogP contribution in [0.4, 0.5) is 0 Å². The Morgan fingerprint density at radius 3 is 2.78 bits per heavy atom. The van der Waals surface area contributed by atoms with Crippen LogP contribution in [0.1, 0.15) is 17.0 Å². The molecule has 4 heteroatoms. The highest BCUT2D eigenvalue weighted by atomic mass is 16.5. The van der Waals surface area contributed by atoms with E-state index in [1.165, 1.54) is 11.3 Å². The van der Waals surface area contributed by atoms with Gasteiger partial charge >= 0.3 is 0 Å². The SMILES string of the molecule is COc1ccc(-n2nc(C)c3c2CNCC3)cc1. The Hall–Kier alpha value is -1.81. The first-order chi connectivity index (χ1) is 8.79. The highest BCUT2D eigenvalue weighted by molar-refractivity contribution is 5.41. The monoisotopic (exact) mass is 243 g/mol. The minimum atomic E-state index is 0.870. The molecule has 1 aromatic heterocycles. The smallest absolute Gasteiger partial charge is 0.119 e. The lowest BCUT2D eigenvalue weighted by molar-refractivity contribution is 0.414. The third kappa shape index (κ3) is 1.78. The predicted octanol–water partition coefficient (Wildman–Crippen LogP) is 1.84. The van der Waals surface area contributed by atoms with Gasteiger partial charge in [-0.1, -0.05) is 0 Å². The molecule has 0 unspecified atom stereocenters. The van der Waals surface area contributed by atoms with E-state index in [-0.39, 0.29) is 0 Å². The number of benzene rings is 1. The summed E-state index contributed by atoms with van der Waals surface area (Å²) >= 11 is 0. The van der Waals surface area contributed by atoms with Crippen LogP contribution in [0.15, 0.2) is 24.3 Å². The highest BCUT2D eigenvalue weighted by Crippen LogP contribution is 2.22. The van der Waals surface area contributed by atoms with Gasteiger partial charge in [-0.05, 0) is 49.7 Å². The lowest BCUT2D eigenvalue weighted by Gasteiger charge is -2.15. The molecule has 3 rings (SSSR count). The zero-order valence-corrected chi connectivity index (χ0v) is 10.7. The number of nitrogens with one attached hydrogen (secondary N) is 1. The van der Waals surface area contributed by atoms with Crippen LogP contribution >= 0.6 is 0 Å². The van der Waals surface area contributed by atoms with E-state index in [0.717, 1.165) is 36.6 Å². The summed E-state index contributed by atoms with van der Waals surface area (Å²) < 4.78 is 7.22. The molecule has 0 fully saturated rings. The molecule has 0 spiro atoms. The fraction of sp³-hybridized carbons (Fsp3) is 0.357. The molecular formula is C14H17N3O. The van der Waals surface area contributed by atoms with Gasteiger partial charge in [0.05, 0.1) is 24.2 Å². The summed E-state index contributed by atoms with van der Waals surface area (Å²) in [6, 6.07) is 8.02. The first kappa shape index (κ1) is 11.3. The van der Waals surface area contributed by atoms with Crippen molar-refractivity contribution in [2.75, 3.05) is 13.7 Å². The average molecular weight is 243 g/mol. The van der Waals surface area contributed by atoms with Crippen LogP contribution in [0.25, 0.3) is 5.69 Å². The second-order valence-electron chi connectivity index (χ2n) is 4.55. The van der Waals surface area contributed by atoms with Gasteiger partial charge in [-0.3, -0.25) is 0 Å². The molecule has 94 valence electrons. The third-order valence-corrected chi connectivity index (χ3v) is 3.45. The first-order valence-electron chi connectivity index (χ1n) is 6.22. The summed E-state index contributed by atoms with van der Waals surface area (Å²) in [7, 11) is 1.68. The van der Waals surface area contributed by atoms with Gasteiger partial charge in [-0.25, -0.2) is 4.68 Å². The fourth-order valence-electron chi connectivity index (χ4n) is 2.47. The van der Waals surface area contributed by atoms with Crippen LogP contribution in [0.5, 0.6) is 5.75 Å². The number of aryl methyl sites for hydroxylation is 1. The first-order valence-corrected chi connectivity index (χ1v) is 6.22. The van der Waals surface area contributed by atoms with Crippen molar-refractivity contribution in [3.8, 4) is 11.4 Å². The Kier molecular flexibility index (Phi) is 2.80. The summed E-state index contributed by atoms with van der Waals surface area (Å²) in [5, 5.41) is 8.06. The number of rotatable bonds is 2. The van der Waals surface area contributed by atoms with Crippen molar-refractivity contribution in [1.29, 1.82) is 0 Å².